The first-order chi connectivity index (χ1) is 15.7. The number of aromatic amines is 1. The van der Waals surface area contributed by atoms with Crippen molar-refractivity contribution in [2.45, 2.75) is 43.8 Å². The number of thioether (sulfide) groups is 1. The largest absolute Gasteiger partial charge is 0.349 e. The molecule has 1 aliphatic heterocycles. The number of hydrogen-bond donors (Lipinski definition) is 1. The molecule has 0 aliphatic carbocycles. The Bertz CT molecular complexity index is 1330. The van der Waals surface area contributed by atoms with Gasteiger partial charge in [0.1, 0.15) is 11.0 Å². The average Bonchev–Trinajstić information content (AvgIpc) is 3.22. The molecule has 1 aliphatic rings. The minimum Gasteiger partial charge on any atom is -0.349 e. The molecule has 2 aromatic carbocycles. The van der Waals surface area contributed by atoms with Crippen LogP contribution in [-0.2, 0) is 4.79 Å². The molecule has 1 fully saturated rings. The van der Waals surface area contributed by atoms with Crippen LogP contribution in [0.15, 0.2) is 64.5 Å². The lowest BCUT2D eigenvalue weighted by atomic mass is 10.0. The third kappa shape index (κ3) is 3.71. The van der Waals surface area contributed by atoms with Gasteiger partial charge in [0.2, 0.25) is 5.91 Å². The molecule has 5 rings (SSSR count). The molecule has 0 unspecified atom stereocenters. The van der Waals surface area contributed by atoms with Crippen LogP contribution >= 0.6 is 11.8 Å². The molecule has 1 atom stereocenters. The van der Waals surface area contributed by atoms with Crippen molar-refractivity contribution in [1.82, 2.24) is 19.4 Å². The molecular formula is C25H26N4O2S. The summed E-state index contributed by atoms with van der Waals surface area (Å²) >= 11 is 1.34. The first-order valence-electron chi connectivity index (χ1n) is 11.2. The van der Waals surface area contributed by atoms with Gasteiger partial charge in [-0.05, 0) is 43.9 Å². The SMILES string of the molecule is CC[C@H]1CCCCN1C(=O)CSc1nc2c([nH]c3ccccc32)c(=O)n1-c1ccccc1. The summed E-state index contributed by atoms with van der Waals surface area (Å²) in [6, 6.07) is 17.6. The standard InChI is InChI=1S/C25H26N4O2S/c1-2-17-10-8-9-15-28(17)21(30)16-32-25-27-22-19-13-6-7-14-20(19)26-23(22)24(31)29(25)18-11-4-3-5-12-18/h3-7,11-14,17,26H,2,8-10,15-16H2,1H3/t17-/m0/s1. The Labute approximate surface area is 190 Å². The number of nitrogens with one attached hydrogen (secondary N) is 1. The lowest BCUT2D eigenvalue weighted by molar-refractivity contribution is -0.132. The number of carbonyl (C=O) groups excluding carboxylic acids is 1. The van der Waals surface area contributed by atoms with E-state index in [0.717, 1.165) is 42.4 Å². The predicted molar refractivity (Wildman–Crippen MR) is 130 cm³/mol. The Morgan fingerprint density at radius 2 is 1.91 bits per heavy atom. The fourth-order valence-electron chi connectivity index (χ4n) is 4.61. The van der Waals surface area contributed by atoms with E-state index < -0.39 is 0 Å². The minimum atomic E-state index is -0.156. The van der Waals surface area contributed by atoms with Crippen molar-refractivity contribution in [3.05, 3.63) is 65.0 Å². The number of amides is 1. The van der Waals surface area contributed by atoms with Gasteiger partial charge in [0.15, 0.2) is 5.16 Å². The maximum Gasteiger partial charge on any atom is 0.283 e. The summed E-state index contributed by atoms with van der Waals surface area (Å²) in [5.41, 5.74) is 2.59. The maximum absolute atomic E-state index is 13.5. The molecule has 164 valence electrons. The Balaban J connectivity index is 1.57. The first kappa shape index (κ1) is 20.8. The molecular weight excluding hydrogens is 420 g/mol. The van der Waals surface area contributed by atoms with Gasteiger partial charge in [-0.15, -0.1) is 0 Å². The molecule has 6 nitrogen and oxygen atoms in total. The van der Waals surface area contributed by atoms with Crippen LogP contribution < -0.4 is 5.56 Å². The zero-order chi connectivity index (χ0) is 22.1. The van der Waals surface area contributed by atoms with Gasteiger partial charge >= 0.3 is 0 Å². The summed E-state index contributed by atoms with van der Waals surface area (Å²) in [4.78, 5) is 36.8. The molecule has 4 aromatic rings. The van der Waals surface area contributed by atoms with Crippen LogP contribution in [0.1, 0.15) is 32.6 Å². The van der Waals surface area contributed by atoms with Gasteiger partial charge in [-0.2, -0.15) is 0 Å². The van der Waals surface area contributed by atoms with Crippen molar-refractivity contribution in [3.8, 4) is 5.69 Å². The summed E-state index contributed by atoms with van der Waals surface area (Å²) in [5.74, 6) is 0.387. The van der Waals surface area contributed by atoms with Gasteiger partial charge < -0.3 is 9.88 Å². The Morgan fingerprint density at radius 1 is 1.12 bits per heavy atom. The van der Waals surface area contributed by atoms with E-state index in [-0.39, 0.29) is 17.2 Å². The summed E-state index contributed by atoms with van der Waals surface area (Å²) in [5, 5.41) is 1.45. The second-order valence-electron chi connectivity index (χ2n) is 8.20. The van der Waals surface area contributed by atoms with Crippen LogP contribution in [0, 0.1) is 0 Å². The van der Waals surface area contributed by atoms with Crippen LogP contribution in [0.2, 0.25) is 0 Å². The van der Waals surface area contributed by atoms with Crippen LogP contribution in [0.25, 0.3) is 27.6 Å². The fraction of sp³-hybridized carbons (Fsp3) is 0.320. The number of rotatable bonds is 5. The first-order valence-corrected chi connectivity index (χ1v) is 12.2. The second kappa shape index (κ2) is 8.82. The minimum absolute atomic E-state index is 0.120. The van der Waals surface area contributed by atoms with Crippen molar-refractivity contribution in [2.75, 3.05) is 12.3 Å². The van der Waals surface area contributed by atoms with Crippen molar-refractivity contribution < 1.29 is 4.79 Å². The Morgan fingerprint density at radius 3 is 2.72 bits per heavy atom. The van der Waals surface area contributed by atoms with E-state index >= 15 is 0 Å². The van der Waals surface area contributed by atoms with E-state index in [4.69, 9.17) is 4.98 Å². The number of benzene rings is 2. The molecule has 0 radical (unpaired) electrons. The lowest BCUT2D eigenvalue weighted by Crippen LogP contribution is -2.44. The van der Waals surface area contributed by atoms with E-state index in [1.165, 1.54) is 18.2 Å². The van der Waals surface area contributed by atoms with Crippen LogP contribution in [0.3, 0.4) is 0 Å². The topological polar surface area (TPSA) is 71.0 Å². The van der Waals surface area contributed by atoms with Crippen LogP contribution in [0.5, 0.6) is 0 Å². The highest BCUT2D eigenvalue weighted by molar-refractivity contribution is 7.99. The average molecular weight is 447 g/mol. The smallest absolute Gasteiger partial charge is 0.283 e. The number of H-pyrrole nitrogens is 1. The van der Waals surface area contributed by atoms with Crippen molar-refractivity contribution in [3.63, 3.8) is 0 Å². The molecule has 1 N–H and O–H groups in total. The van der Waals surface area contributed by atoms with Gasteiger partial charge in [-0.3, -0.25) is 14.2 Å². The van der Waals surface area contributed by atoms with Gasteiger partial charge in [-0.25, -0.2) is 4.98 Å². The molecule has 3 heterocycles. The number of nitrogens with zero attached hydrogens (tertiary/aromatic N) is 3. The second-order valence-corrected chi connectivity index (χ2v) is 9.14. The molecule has 1 saturated heterocycles. The molecule has 0 bridgehead atoms. The number of likely N-dealkylation sites (tertiary alicyclic amines) is 1. The molecule has 0 saturated carbocycles. The quantitative estimate of drug-likeness (QED) is 0.355. The number of fused-ring (bicyclic) bond motifs is 3. The maximum atomic E-state index is 13.5. The normalized spacial score (nSPS) is 16.7. The fourth-order valence-corrected chi connectivity index (χ4v) is 5.50. The number of piperidine rings is 1. The van der Waals surface area contributed by atoms with E-state index in [9.17, 15) is 9.59 Å². The van der Waals surface area contributed by atoms with E-state index in [1.54, 1.807) is 4.57 Å². The highest BCUT2D eigenvalue weighted by Crippen LogP contribution is 2.27. The predicted octanol–water partition coefficient (Wildman–Crippen LogP) is 4.75. The molecule has 0 spiro atoms. The van der Waals surface area contributed by atoms with Gasteiger partial charge in [-0.1, -0.05) is 55.1 Å². The number of para-hydroxylation sites is 2. The number of carbonyl (C=O) groups is 1. The Hall–Kier alpha value is -3.06. The number of hydrogen-bond acceptors (Lipinski definition) is 4. The van der Waals surface area contributed by atoms with Crippen LogP contribution in [0.4, 0.5) is 0 Å². The Kier molecular flexibility index (Phi) is 5.74. The monoisotopic (exact) mass is 446 g/mol. The van der Waals surface area contributed by atoms with Crippen molar-refractivity contribution in [2.24, 2.45) is 0 Å². The zero-order valence-corrected chi connectivity index (χ0v) is 18.9. The summed E-state index contributed by atoms with van der Waals surface area (Å²) in [6.45, 7) is 2.96. The van der Waals surface area contributed by atoms with Crippen molar-refractivity contribution in [1.29, 1.82) is 0 Å². The highest BCUT2D eigenvalue weighted by Gasteiger charge is 2.26. The highest BCUT2D eigenvalue weighted by atomic mass is 32.2. The molecule has 32 heavy (non-hydrogen) atoms. The third-order valence-corrected chi connectivity index (χ3v) is 7.18. The summed E-state index contributed by atoms with van der Waals surface area (Å²) in [7, 11) is 0. The van der Waals surface area contributed by atoms with Gasteiger partial charge in [0.25, 0.3) is 5.56 Å². The van der Waals surface area contributed by atoms with Crippen molar-refractivity contribution >= 4 is 39.6 Å². The number of aromatic nitrogens is 3. The molecule has 7 heteroatoms. The zero-order valence-electron chi connectivity index (χ0n) is 18.1. The van der Waals surface area contributed by atoms with Gasteiger partial charge in [0, 0.05) is 23.5 Å². The lowest BCUT2D eigenvalue weighted by Gasteiger charge is -2.35. The van der Waals surface area contributed by atoms with E-state index in [1.807, 2.05) is 59.5 Å². The van der Waals surface area contributed by atoms with E-state index in [2.05, 4.69) is 11.9 Å². The third-order valence-electron chi connectivity index (χ3n) is 6.25. The van der Waals surface area contributed by atoms with E-state index in [0.29, 0.717) is 22.2 Å². The summed E-state index contributed by atoms with van der Waals surface area (Å²) < 4.78 is 1.61. The molecule has 1 amide bonds. The molecule has 2 aromatic heterocycles. The van der Waals surface area contributed by atoms with Gasteiger partial charge in [0.05, 0.1) is 11.4 Å². The van der Waals surface area contributed by atoms with Crippen LogP contribution in [-0.4, -0.2) is 43.7 Å². The summed E-state index contributed by atoms with van der Waals surface area (Å²) in [6.07, 6.45) is 4.29.